The summed E-state index contributed by atoms with van der Waals surface area (Å²) in [6.07, 6.45) is 0.548. The molecule has 1 atom stereocenters. The van der Waals surface area contributed by atoms with Crippen LogP contribution in [0.4, 0.5) is 0 Å². The Morgan fingerprint density at radius 2 is 1.76 bits per heavy atom. The van der Waals surface area contributed by atoms with E-state index in [2.05, 4.69) is 15.9 Å². The third-order valence-electron chi connectivity index (χ3n) is 5.71. The maximum absolute atomic E-state index is 13.7. The first kappa shape index (κ1) is 24.5. The van der Waals surface area contributed by atoms with Crippen LogP contribution in [0, 0.1) is 0 Å². The van der Waals surface area contributed by atoms with Gasteiger partial charge in [0.05, 0.1) is 33.2 Å². The van der Waals surface area contributed by atoms with E-state index in [-0.39, 0.29) is 16.5 Å². The number of carbonyl (C=O) groups excluding carboxylic acids is 1. The van der Waals surface area contributed by atoms with Crippen LogP contribution in [0.15, 0.2) is 76.0 Å². The van der Waals surface area contributed by atoms with Crippen molar-refractivity contribution in [3.05, 3.63) is 103 Å². The van der Waals surface area contributed by atoms with E-state index in [1.807, 2.05) is 56.3 Å². The van der Waals surface area contributed by atoms with Gasteiger partial charge in [0.1, 0.15) is 5.82 Å². The molecule has 34 heavy (non-hydrogen) atoms. The van der Waals surface area contributed by atoms with Crippen molar-refractivity contribution >= 4 is 55.9 Å². The molecule has 0 radical (unpaired) electrons. The molecular weight excluding hydrogens is 537 g/mol. The van der Waals surface area contributed by atoms with Crippen molar-refractivity contribution in [3.63, 3.8) is 0 Å². The summed E-state index contributed by atoms with van der Waals surface area (Å²) >= 11 is 15.8. The van der Waals surface area contributed by atoms with Crippen molar-refractivity contribution < 1.29 is 4.79 Å². The number of fused-ring (bicyclic) bond motifs is 1. The molecule has 8 heteroatoms. The van der Waals surface area contributed by atoms with Crippen molar-refractivity contribution in [1.82, 2.24) is 14.5 Å². The normalized spacial score (nSPS) is 12.0. The van der Waals surface area contributed by atoms with E-state index < -0.39 is 6.04 Å². The molecule has 0 saturated heterocycles. The van der Waals surface area contributed by atoms with Crippen molar-refractivity contribution in [3.8, 4) is 5.69 Å². The molecule has 0 saturated carbocycles. The van der Waals surface area contributed by atoms with E-state index in [1.165, 1.54) is 0 Å². The predicted molar refractivity (Wildman–Crippen MR) is 141 cm³/mol. The highest BCUT2D eigenvalue weighted by molar-refractivity contribution is 9.10. The van der Waals surface area contributed by atoms with Crippen molar-refractivity contribution in [2.75, 3.05) is 6.54 Å². The summed E-state index contributed by atoms with van der Waals surface area (Å²) < 4.78 is 2.50. The van der Waals surface area contributed by atoms with Gasteiger partial charge in [0.2, 0.25) is 0 Å². The maximum Gasteiger partial charge on any atom is 0.266 e. The second kappa shape index (κ2) is 10.3. The number of para-hydroxylation sites is 1. The van der Waals surface area contributed by atoms with Gasteiger partial charge in [-0.3, -0.25) is 14.2 Å². The molecule has 0 bridgehead atoms. The molecule has 0 aliphatic heterocycles. The summed E-state index contributed by atoms with van der Waals surface area (Å²) in [6, 6.07) is 19.0. The topological polar surface area (TPSA) is 55.2 Å². The first-order valence-corrected chi connectivity index (χ1v) is 12.4. The van der Waals surface area contributed by atoms with E-state index in [0.717, 1.165) is 4.47 Å². The average molecular weight is 559 g/mol. The number of benzene rings is 3. The smallest absolute Gasteiger partial charge is 0.266 e. The van der Waals surface area contributed by atoms with Crippen LogP contribution in [0.3, 0.4) is 0 Å². The number of aromatic nitrogens is 2. The zero-order valence-electron chi connectivity index (χ0n) is 18.6. The van der Waals surface area contributed by atoms with Crippen LogP contribution < -0.4 is 5.56 Å². The van der Waals surface area contributed by atoms with E-state index >= 15 is 0 Å². The lowest BCUT2D eigenvalue weighted by atomic mass is 10.1. The summed E-state index contributed by atoms with van der Waals surface area (Å²) in [5.74, 6) is 0.245. The minimum Gasteiger partial charge on any atom is -0.329 e. The zero-order chi connectivity index (χ0) is 24.4. The number of nitrogens with zero attached hydrogens (tertiary/aromatic N) is 3. The third-order valence-corrected chi connectivity index (χ3v) is 6.79. The number of halogens is 3. The fourth-order valence-corrected chi connectivity index (χ4v) is 4.83. The van der Waals surface area contributed by atoms with Crippen molar-refractivity contribution in [2.45, 2.75) is 26.3 Å². The van der Waals surface area contributed by atoms with Crippen LogP contribution in [-0.4, -0.2) is 26.9 Å². The van der Waals surface area contributed by atoms with Gasteiger partial charge in [-0.2, -0.15) is 0 Å². The van der Waals surface area contributed by atoms with E-state index in [0.29, 0.717) is 46.0 Å². The first-order chi connectivity index (χ1) is 16.3. The maximum atomic E-state index is 13.7. The molecule has 1 heterocycles. The molecule has 1 unspecified atom stereocenters. The lowest BCUT2D eigenvalue weighted by molar-refractivity contribution is 0.0672. The van der Waals surface area contributed by atoms with Gasteiger partial charge in [0.25, 0.3) is 11.5 Å². The first-order valence-electron chi connectivity index (χ1n) is 10.9. The molecule has 4 rings (SSSR count). The van der Waals surface area contributed by atoms with E-state index in [1.54, 1.807) is 33.7 Å². The average Bonchev–Trinajstić information content (AvgIpc) is 2.83. The Balaban J connectivity index is 1.93. The van der Waals surface area contributed by atoms with Gasteiger partial charge in [-0.1, -0.05) is 58.2 Å². The van der Waals surface area contributed by atoms with Gasteiger partial charge in [0, 0.05) is 16.0 Å². The molecule has 3 aromatic carbocycles. The highest BCUT2D eigenvalue weighted by Gasteiger charge is 2.29. The summed E-state index contributed by atoms with van der Waals surface area (Å²) in [4.78, 5) is 33.9. The molecule has 0 spiro atoms. The van der Waals surface area contributed by atoms with Gasteiger partial charge in [0.15, 0.2) is 0 Å². The van der Waals surface area contributed by atoms with E-state index in [4.69, 9.17) is 28.2 Å². The number of hydrogen-bond donors (Lipinski definition) is 0. The molecular formula is C26H22BrCl2N3O2. The Morgan fingerprint density at radius 3 is 2.41 bits per heavy atom. The SMILES string of the molecule is CCC(c1nc2ccccc2c(=O)n1-c1ccc(Br)cc1)N(CC)C(=O)c1ccc(Cl)cc1Cl. The highest BCUT2D eigenvalue weighted by atomic mass is 79.9. The molecule has 174 valence electrons. The Morgan fingerprint density at radius 1 is 1.06 bits per heavy atom. The molecule has 5 nitrogen and oxygen atoms in total. The largest absolute Gasteiger partial charge is 0.329 e. The predicted octanol–water partition coefficient (Wildman–Crippen LogP) is 7.07. The van der Waals surface area contributed by atoms with Gasteiger partial charge in [-0.25, -0.2) is 4.98 Å². The third kappa shape index (κ3) is 4.63. The number of hydrogen-bond acceptors (Lipinski definition) is 3. The molecule has 0 aliphatic rings. The van der Waals surface area contributed by atoms with Gasteiger partial charge in [-0.15, -0.1) is 0 Å². The molecule has 1 amide bonds. The Kier molecular flexibility index (Phi) is 7.41. The Bertz CT molecular complexity index is 1420. The second-order valence-electron chi connectivity index (χ2n) is 7.74. The summed E-state index contributed by atoms with van der Waals surface area (Å²) in [5.41, 5.74) is 1.43. The Hall–Kier alpha value is -2.67. The number of rotatable bonds is 6. The number of amides is 1. The van der Waals surface area contributed by atoms with Crippen LogP contribution in [0.2, 0.25) is 10.0 Å². The van der Waals surface area contributed by atoms with Crippen LogP contribution in [0.1, 0.15) is 42.5 Å². The molecule has 0 fully saturated rings. The Labute approximate surface area is 216 Å². The fourth-order valence-electron chi connectivity index (χ4n) is 4.08. The second-order valence-corrected chi connectivity index (χ2v) is 9.50. The molecule has 0 aliphatic carbocycles. The fraction of sp³-hybridized carbons (Fsp3) is 0.192. The lowest BCUT2D eigenvalue weighted by Crippen LogP contribution is -2.38. The molecule has 4 aromatic rings. The van der Waals surface area contributed by atoms with Gasteiger partial charge in [-0.05, 0) is 67.9 Å². The summed E-state index contributed by atoms with van der Waals surface area (Å²) in [6.45, 7) is 4.27. The van der Waals surface area contributed by atoms with E-state index in [9.17, 15) is 9.59 Å². The zero-order valence-corrected chi connectivity index (χ0v) is 21.7. The summed E-state index contributed by atoms with van der Waals surface area (Å²) in [5, 5.41) is 1.25. The van der Waals surface area contributed by atoms with Crippen LogP contribution >= 0.6 is 39.1 Å². The standard InChI is InChI=1S/C26H22BrCl2N3O2/c1-3-23(31(4-2)25(33)19-14-11-17(28)15-21(19)29)24-30-22-8-6-5-7-20(22)26(34)32(24)18-12-9-16(27)10-13-18/h5-15,23H,3-4H2,1-2H3. The van der Waals surface area contributed by atoms with Crippen molar-refractivity contribution in [2.24, 2.45) is 0 Å². The minimum absolute atomic E-state index is 0.186. The highest BCUT2D eigenvalue weighted by Crippen LogP contribution is 2.30. The van der Waals surface area contributed by atoms with Crippen molar-refractivity contribution in [1.29, 1.82) is 0 Å². The monoisotopic (exact) mass is 557 g/mol. The quantitative estimate of drug-likeness (QED) is 0.254. The summed E-state index contributed by atoms with van der Waals surface area (Å²) in [7, 11) is 0. The molecule has 0 N–H and O–H groups in total. The van der Waals surface area contributed by atoms with Crippen LogP contribution in [0.25, 0.3) is 16.6 Å². The lowest BCUT2D eigenvalue weighted by Gasteiger charge is -2.31. The van der Waals surface area contributed by atoms with Crippen LogP contribution in [-0.2, 0) is 0 Å². The van der Waals surface area contributed by atoms with Crippen LogP contribution in [0.5, 0.6) is 0 Å². The van der Waals surface area contributed by atoms with Gasteiger partial charge < -0.3 is 4.90 Å². The molecule has 1 aromatic heterocycles. The number of carbonyl (C=O) groups is 1. The van der Waals surface area contributed by atoms with Gasteiger partial charge >= 0.3 is 0 Å². The minimum atomic E-state index is -0.467.